The van der Waals surface area contributed by atoms with Crippen LogP contribution in [0.1, 0.15) is 18.1 Å². The molecule has 0 spiro atoms. The van der Waals surface area contributed by atoms with E-state index in [0.717, 1.165) is 16.1 Å². The van der Waals surface area contributed by atoms with E-state index in [9.17, 15) is 4.79 Å². The fourth-order valence-corrected chi connectivity index (χ4v) is 1.94. The third kappa shape index (κ3) is 5.05. The lowest BCUT2D eigenvalue weighted by Crippen LogP contribution is -1.82. The van der Waals surface area contributed by atoms with Crippen LogP contribution in [0.2, 0.25) is 5.02 Å². The number of aryl methyl sites for hydroxylation is 1. The molecule has 0 saturated carbocycles. The highest BCUT2D eigenvalue weighted by Gasteiger charge is 1.93. The van der Waals surface area contributed by atoms with Crippen LogP contribution in [0.5, 0.6) is 0 Å². The number of halogens is 1. The molecule has 0 atom stereocenters. The van der Waals surface area contributed by atoms with Crippen molar-refractivity contribution in [1.29, 1.82) is 0 Å². The maximum Gasteiger partial charge on any atom is 0.186 e. The van der Waals surface area contributed by atoms with Crippen LogP contribution in [0, 0.1) is 6.92 Å². The van der Waals surface area contributed by atoms with Crippen LogP contribution in [0.4, 0.5) is 0 Å². The van der Waals surface area contributed by atoms with Gasteiger partial charge < -0.3 is 0 Å². The van der Waals surface area contributed by atoms with Gasteiger partial charge in [0.2, 0.25) is 0 Å². The zero-order chi connectivity index (χ0) is 11.3. The lowest BCUT2D eigenvalue weighted by Gasteiger charge is -1.98. The average Bonchev–Trinajstić information content (AvgIpc) is 2.10. The predicted octanol–water partition coefficient (Wildman–Crippen LogP) is 3.94. The third-order valence-electron chi connectivity index (χ3n) is 1.76. The molecule has 0 amide bonds. The summed E-state index contributed by atoms with van der Waals surface area (Å²) in [5.74, 6) is 0.709. The van der Waals surface area contributed by atoms with Crippen molar-refractivity contribution in [2.45, 2.75) is 13.8 Å². The van der Waals surface area contributed by atoms with Gasteiger partial charge in [0.15, 0.2) is 5.12 Å². The van der Waals surface area contributed by atoms with Gasteiger partial charge in [0.05, 0.1) is 0 Å². The SMILES string of the molecule is CC(=O)SCC=Cc1cc(C)cc(Cl)c1. The van der Waals surface area contributed by atoms with Crippen molar-refractivity contribution in [2.75, 3.05) is 5.75 Å². The lowest BCUT2D eigenvalue weighted by molar-refractivity contribution is -0.109. The van der Waals surface area contributed by atoms with Crippen molar-refractivity contribution >= 4 is 34.6 Å². The van der Waals surface area contributed by atoms with Gasteiger partial charge in [0, 0.05) is 17.7 Å². The highest BCUT2D eigenvalue weighted by atomic mass is 35.5. The van der Waals surface area contributed by atoms with Crippen LogP contribution in [-0.4, -0.2) is 10.9 Å². The fourth-order valence-electron chi connectivity index (χ4n) is 1.21. The van der Waals surface area contributed by atoms with E-state index < -0.39 is 0 Å². The lowest BCUT2D eigenvalue weighted by atomic mass is 10.1. The Kier molecular flexibility index (Phi) is 4.92. The molecule has 0 aliphatic heterocycles. The molecule has 0 aliphatic carbocycles. The molecule has 1 aromatic carbocycles. The van der Waals surface area contributed by atoms with Crippen molar-refractivity contribution in [3.8, 4) is 0 Å². The molecule has 0 bridgehead atoms. The van der Waals surface area contributed by atoms with Gasteiger partial charge in [0.1, 0.15) is 0 Å². The highest BCUT2D eigenvalue weighted by molar-refractivity contribution is 8.13. The van der Waals surface area contributed by atoms with Crippen LogP contribution in [0.3, 0.4) is 0 Å². The molecule has 0 fully saturated rings. The van der Waals surface area contributed by atoms with Gasteiger partial charge in [-0.3, -0.25) is 4.79 Å². The molecule has 80 valence electrons. The van der Waals surface area contributed by atoms with E-state index in [-0.39, 0.29) is 5.12 Å². The number of hydrogen-bond donors (Lipinski definition) is 0. The number of rotatable bonds is 3. The van der Waals surface area contributed by atoms with Crippen molar-refractivity contribution < 1.29 is 4.79 Å². The van der Waals surface area contributed by atoms with E-state index in [0.29, 0.717) is 5.75 Å². The molecule has 1 nitrogen and oxygen atoms in total. The smallest absolute Gasteiger partial charge is 0.186 e. The maximum absolute atomic E-state index is 10.7. The van der Waals surface area contributed by atoms with Gasteiger partial charge >= 0.3 is 0 Å². The van der Waals surface area contributed by atoms with Crippen LogP contribution >= 0.6 is 23.4 Å². The molecule has 0 radical (unpaired) electrons. The van der Waals surface area contributed by atoms with Gasteiger partial charge in [-0.15, -0.1) is 0 Å². The Bertz CT molecular complexity index is 365. The monoisotopic (exact) mass is 240 g/mol. The molecule has 1 rings (SSSR count). The Morgan fingerprint density at radius 2 is 2.20 bits per heavy atom. The Morgan fingerprint density at radius 3 is 2.80 bits per heavy atom. The van der Waals surface area contributed by atoms with Gasteiger partial charge in [0.25, 0.3) is 0 Å². The zero-order valence-corrected chi connectivity index (χ0v) is 10.4. The molecule has 3 heteroatoms. The largest absolute Gasteiger partial charge is 0.288 e. The number of carbonyl (C=O) groups excluding carboxylic acids is 1. The molecule has 0 aromatic heterocycles. The topological polar surface area (TPSA) is 17.1 Å². The van der Waals surface area contributed by atoms with E-state index in [4.69, 9.17) is 11.6 Å². The van der Waals surface area contributed by atoms with Crippen molar-refractivity contribution in [2.24, 2.45) is 0 Å². The summed E-state index contributed by atoms with van der Waals surface area (Å²) in [7, 11) is 0. The molecule has 0 N–H and O–H groups in total. The van der Waals surface area contributed by atoms with Gasteiger partial charge in [-0.25, -0.2) is 0 Å². The molecule has 1 aromatic rings. The number of carbonyl (C=O) groups is 1. The first-order valence-electron chi connectivity index (χ1n) is 4.65. The molecular formula is C12H13ClOS. The fraction of sp³-hybridized carbons (Fsp3) is 0.250. The summed E-state index contributed by atoms with van der Waals surface area (Å²) in [6.45, 7) is 3.58. The summed E-state index contributed by atoms with van der Waals surface area (Å²) in [5.41, 5.74) is 2.21. The Morgan fingerprint density at radius 1 is 1.47 bits per heavy atom. The first kappa shape index (κ1) is 12.3. The van der Waals surface area contributed by atoms with Crippen molar-refractivity contribution in [1.82, 2.24) is 0 Å². The van der Waals surface area contributed by atoms with E-state index >= 15 is 0 Å². The van der Waals surface area contributed by atoms with E-state index in [1.165, 1.54) is 11.8 Å². The van der Waals surface area contributed by atoms with Gasteiger partial charge in [-0.2, -0.15) is 0 Å². The summed E-state index contributed by atoms with van der Waals surface area (Å²) >= 11 is 7.22. The van der Waals surface area contributed by atoms with Gasteiger partial charge in [-0.05, 0) is 30.2 Å². The quantitative estimate of drug-likeness (QED) is 0.796. The normalized spacial score (nSPS) is 10.9. The second-order valence-corrected chi connectivity index (χ2v) is 4.90. The molecule has 0 heterocycles. The minimum atomic E-state index is 0.141. The highest BCUT2D eigenvalue weighted by Crippen LogP contribution is 2.16. The number of thioether (sulfide) groups is 1. The Labute approximate surface area is 99.5 Å². The van der Waals surface area contributed by atoms with Crippen LogP contribution in [-0.2, 0) is 4.79 Å². The summed E-state index contributed by atoms with van der Waals surface area (Å²) in [6, 6.07) is 5.88. The van der Waals surface area contributed by atoms with E-state index in [2.05, 4.69) is 6.07 Å². The summed E-state index contributed by atoms with van der Waals surface area (Å²) < 4.78 is 0. The van der Waals surface area contributed by atoms with Crippen LogP contribution < -0.4 is 0 Å². The molecule has 0 saturated heterocycles. The minimum absolute atomic E-state index is 0.141. The maximum atomic E-state index is 10.7. The standard InChI is InChI=1S/C12H13ClOS/c1-9-6-11(8-12(13)7-9)4-3-5-15-10(2)14/h3-4,6-8H,5H2,1-2H3. The van der Waals surface area contributed by atoms with E-state index in [1.807, 2.05) is 31.2 Å². The Hall–Kier alpha value is -0.730. The first-order chi connectivity index (χ1) is 7.08. The second kappa shape index (κ2) is 5.99. The molecule has 0 unspecified atom stereocenters. The molecular weight excluding hydrogens is 228 g/mol. The van der Waals surface area contributed by atoms with Crippen molar-refractivity contribution in [3.63, 3.8) is 0 Å². The van der Waals surface area contributed by atoms with Crippen LogP contribution in [0.25, 0.3) is 6.08 Å². The second-order valence-electron chi connectivity index (χ2n) is 3.27. The van der Waals surface area contributed by atoms with Crippen molar-refractivity contribution in [3.05, 3.63) is 40.4 Å². The summed E-state index contributed by atoms with van der Waals surface area (Å²) in [4.78, 5) is 10.7. The average molecular weight is 241 g/mol. The van der Waals surface area contributed by atoms with Crippen LogP contribution in [0.15, 0.2) is 24.3 Å². The third-order valence-corrected chi connectivity index (χ3v) is 2.74. The molecule has 15 heavy (non-hydrogen) atoms. The van der Waals surface area contributed by atoms with Gasteiger partial charge in [-0.1, -0.05) is 41.6 Å². The van der Waals surface area contributed by atoms with E-state index in [1.54, 1.807) is 6.92 Å². The number of hydrogen-bond acceptors (Lipinski definition) is 2. The summed E-state index contributed by atoms with van der Waals surface area (Å²) in [5, 5.41) is 0.885. The molecule has 0 aliphatic rings. The first-order valence-corrected chi connectivity index (χ1v) is 6.01. The predicted molar refractivity (Wildman–Crippen MR) is 68.4 cm³/mol. The Balaban J connectivity index is 2.60. The number of benzene rings is 1. The summed E-state index contributed by atoms with van der Waals surface area (Å²) in [6.07, 6.45) is 3.95. The minimum Gasteiger partial charge on any atom is -0.288 e. The zero-order valence-electron chi connectivity index (χ0n) is 8.79.